The van der Waals surface area contributed by atoms with Gasteiger partial charge in [0.2, 0.25) is 0 Å². The van der Waals surface area contributed by atoms with Crippen LogP contribution < -0.4 is 5.32 Å². The standard InChI is InChI=1S/C14H15N5O3S/c1-8(13-15-5-9(6-20)23-13)18-12(21)10-4-11(17-7-16-10)14(22)19(2)3/h4-8H,1-3H3,(H,18,21). The number of thiazole rings is 1. The second-order valence-corrected chi connectivity index (χ2v) is 6.00. The van der Waals surface area contributed by atoms with Gasteiger partial charge in [-0.05, 0) is 6.92 Å². The smallest absolute Gasteiger partial charge is 0.272 e. The fraction of sp³-hybridized carbons (Fsp3) is 0.286. The van der Waals surface area contributed by atoms with Crippen molar-refractivity contribution in [3.8, 4) is 0 Å². The van der Waals surface area contributed by atoms with Crippen LogP contribution >= 0.6 is 11.3 Å². The van der Waals surface area contributed by atoms with E-state index in [0.717, 1.165) is 0 Å². The molecule has 23 heavy (non-hydrogen) atoms. The Morgan fingerprint density at radius 2 is 1.96 bits per heavy atom. The Morgan fingerprint density at radius 3 is 2.57 bits per heavy atom. The first kappa shape index (κ1) is 16.7. The third-order valence-electron chi connectivity index (χ3n) is 2.90. The van der Waals surface area contributed by atoms with E-state index in [2.05, 4.69) is 20.3 Å². The molecular weight excluding hydrogens is 318 g/mol. The summed E-state index contributed by atoms with van der Waals surface area (Å²) in [5, 5.41) is 3.33. The summed E-state index contributed by atoms with van der Waals surface area (Å²) in [4.78, 5) is 48.4. The minimum atomic E-state index is -0.449. The molecule has 0 aromatic carbocycles. The molecule has 0 radical (unpaired) electrons. The number of aromatic nitrogens is 3. The van der Waals surface area contributed by atoms with Gasteiger partial charge >= 0.3 is 0 Å². The summed E-state index contributed by atoms with van der Waals surface area (Å²) in [6.45, 7) is 1.75. The lowest BCUT2D eigenvalue weighted by atomic mass is 10.2. The Hall–Kier alpha value is -2.68. The molecule has 0 fully saturated rings. The number of carbonyl (C=O) groups excluding carboxylic acids is 3. The van der Waals surface area contributed by atoms with Crippen LogP contribution in [0.2, 0.25) is 0 Å². The van der Waals surface area contributed by atoms with Gasteiger partial charge in [0, 0.05) is 26.4 Å². The Kier molecular flexibility index (Phi) is 5.12. The van der Waals surface area contributed by atoms with Crippen LogP contribution in [0, 0.1) is 0 Å². The molecule has 8 nitrogen and oxygen atoms in total. The van der Waals surface area contributed by atoms with E-state index >= 15 is 0 Å². The fourth-order valence-corrected chi connectivity index (χ4v) is 2.45. The van der Waals surface area contributed by atoms with Crippen LogP contribution in [0.5, 0.6) is 0 Å². The van der Waals surface area contributed by atoms with Gasteiger partial charge in [0.05, 0.1) is 10.9 Å². The second kappa shape index (κ2) is 7.05. The van der Waals surface area contributed by atoms with Crippen LogP contribution in [0.15, 0.2) is 18.6 Å². The Bertz CT molecular complexity index is 744. The molecule has 2 aromatic rings. The van der Waals surface area contributed by atoms with E-state index in [1.807, 2.05) is 0 Å². The maximum atomic E-state index is 12.2. The molecule has 0 aliphatic rings. The van der Waals surface area contributed by atoms with E-state index in [9.17, 15) is 14.4 Å². The predicted octanol–water partition coefficient (Wildman–Crippen LogP) is 0.938. The number of hydrogen-bond acceptors (Lipinski definition) is 7. The van der Waals surface area contributed by atoms with Crippen LogP contribution in [0.1, 0.15) is 48.6 Å². The second-order valence-electron chi connectivity index (χ2n) is 4.90. The molecular formula is C14H15N5O3S. The average molecular weight is 333 g/mol. The number of nitrogens with zero attached hydrogens (tertiary/aromatic N) is 4. The van der Waals surface area contributed by atoms with Crippen LogP contribution in [0.4, 0.5) is 0 Å². The summed E-state index contributed by atoms with van der Waals surface area (Å²) in [6, 6.07) is 0.951. The SMILES string of the molecule is CC(NC(=O)c1cc(C(=O)N(C)C)ncn1)c1ncc(C=O)s1. The first-order chi connectivity index (χ1) is 10.9. The molecule has 0 aliphatic carbocycles. The van der Waals surface area contributed by atoms with E-state index in [-0.39, 0.29) is 23.3 Å². The average Bonchev–Trinajstić information content (AvgIpc) is 3.03. The van der Waals surface area contributed by atoms with Crippen molar-refractivity contribution in [1.82, 2.24) is 25.2 Å². The van der Waals surface area contributed by atoms with Crippen molar-refractivity contribution in [3.05, 3.63) is 39.9 Å². The van der Waals surface area contributed by atoms with Crippen LogP contribution in [-0.4, -0.2) is 52.0 Å². The first-order valence-corrected chi connectivity index (χ1v) is 7.49. The van der Waals surface area contributed by atoms with Crippen molar-refractivity contribution >= 4 is 29.4 Å². The lowest BCUT2D eigenvalue weighted by molar-refractivity contribution is 0.0821. The molecule has 1 unspecified atom stereocenters. The van der Waals surface area contributed by atoms with E-state index in [1.165, 1.54) is 34.8 Å². The molecule has 9 heteroatoms. The number of amides is 2. The van der Waals surface area contributed by atoms with Gasteiger partial charge in [-0.2, -0.15) is 0 Å². The Morgan fingerprint density at radius 1 is 1.26 bits per heavy atom. The normalized spacial score (nSPS) is 11.6. The molecule has 0 saturated carbocycles. The zero-order valence-corrected chi connectivity index (χ0v) is 13.6. The van der Waals surface area contributed by atoms with Crippen LogP contribution in [0.25, 0.3) is 0 Å². The number of nitrogens with one attached hydrogen (secondary N) is 1. The minimum Gasteiger partial charge on any atom is -0.343 e. The van der Waals surface area contributed by atoms with Gasteiger partial charge in [0.15, 0.2) is 6.29 Å². The van der Waals surface area contributed by atoms with Crippen LogP contribution in [-0.2, 0) is 0 Å². The van der Waals surface area contributed by atoms with Crippen molar-refractivity contribution < 1.29 is 14.4 Å². The summed E-state index contributed by atoms with van der Waals surface area (Å²) in [6.07, 6.45) is 3.33. The maximum absolute atomic E-state index is 12.2. The fourth-order valence-electron chi connectivity index (χ4n) is 1.72. The summed E-state index contributed by atoms with van der Waals surface area (Å²) in [5.74, 6) is -0.763. The molecule has 0 spiro atoms. The van der Waals surface area contributed by atoms with Crippen LogP contribution in [0.3, 0.4) is 0 Å². The van der Waals surface area contributed by atoms with Gasteiger partial charge in [0.25, 0.3) is 11.8 Å². The molecule has 0 bridgehead atoms. The third kappa shape index (κ3) is 3.95. The van der Waals surface area contributed by atoms with Gasteiger partial charge in [-0.15, -0.1) is 11.3 Å². The summed E-state index contributed by atoms with van der Waals surface area (Å²) in [7, 11) is 3.19. The highest BCUT2D eigenvalue weighted by atomic mass is 32.1. The monoisotopic (exact) mass is 333 g/mol. The summed E-state index contributed by atoms with van der Waals surface area (Å²) < 4.78 is 0. The van der Waals surface area contributed by atoms with Crippen molar-refractivity contribution in [3.63, 3.8) is 0 Å². The minimum absolute atomic E-state index is 0.0872. The molecule has 1 atom stereocenters. The number of carbonyl (C=O) groups is 3. The zero-order valence-electron chi connectivity index (χ0n) is 12.8. The Balaban J connectivity index is 2.12. The van der Waals surface area contributed by atoms with Gasteiger partial charge < -0.3 is 10.2 Å². The van der Waals surface area contributed by atoms with Gasteiger partial charge in [-0.1, -0.05) is 0 Å². The van der Waals surface area contributed by atoms with Crippen molar-refractivity contribution in [2.24, 2.45) is 0 Å². The molecule has 2 amide bonds. The number of hydrogen-bond donors (Lipinski definition) is 1. The van der Waals surface area contributed by atoms with Gasteiger partial charge in [0.1, 0.15) is 22.7 Å². The quantitative estimate of drug-likeness (QED) is 0.816. The summed E-state index contributed by atoms with van der Waals surface area (Å²) >= 11 is 1.20. The van der Waals surface area contributed by atoms with E-state index in [1.54, 1.807) is 21.0 Å². The highest BCUT2D eigenvalue weighted by Gasteiger charge is 2.18. The number of rotatable bonds is 5. The van der Waals surface area contributed by atoms with E-state index in [0.29, 0.717) is 16.2 Å². The maximum Gasteiger partial charge on any atom is 0.272 e. The lowest BCUT2D eigenvalue weighted by Crippen LogP contribution is -2.28. The van der Waals surface area contributed by atoms with Crippen molar-refractivity contribution in [1.29, 1.82) is 0 Å². The highest BCUT2D eigenvalue weighted by Crippen LogP contribution is 2.18. The van der Waals surface area contributed by atoms with Crippen molar-refractivity contribution in [2.45, 2.75) is 13.0 Å². The zero-order chi connectivity index (χ0) is 17.0. The molecule has 0 aliphatic heterocycles. The molecule has 0 saturated heterocycles. The topological polar surface area (TPSA) is 105 Å². The van der Waals surface area contributed by atoms with E-state index < -0.39 is 5.91 Å². The Labute approximate surface area is 136 Å². The van der Waals surface area contributed by atoms with Gasteiger partial charge in [-0.3, -0.25) is 14.4 Å². The predicted molar refractivity (Wildman–Crippen MR) is 83.4 cm³/mol. The van der Waals surface area contributed by atoms with E-state index in [4.69, 9.17) is 0 Å². The summed E-state index contributed by atoms with van der Waals surface area (Å²) in [5.41, 5.74) is 0.226. The molecule has 2 heterocycles. The molecule has 1 N–H and O–H groups in total. The lowest BCUT2D eigenvalue weighted by Gasteiger charge is -2.12. The molecule has 2 aromatic heterocycles. The largest absolute Gasteiger partial charge is 0.343 e. The molecule has 2 rings (SSSR count). The third-order valence-corrected chi connectivity index (χ3v) is 4.01. The highest BCUT2D eigenvalue weighted by molar-refractivity contribution is 7.13. The molecule has 120 valence electrons. The van der Waals surface area contributed by atoms with Crippen molar-refractivity contribution in [2.75, 3.05) is 14.1 Å². The first-order valence-electron chi connectivity index (χ1n) is 6.68. The number of aldehydes is 1. The van der Waals surface area contributed by atoms with Gasteiger partial charge in [-0.25, -0.2) is 15.0 Å².